The number of nitrogens with one attached hydrogen (secondary N) is 2. The molecule has 0 spiro atoms. The topological polar surface area (TPSA) is 69.8 Å². The monoisotopic (exact) mass is 449 g/mol. The van der Waals surface area contributed by atoms with Gasteiger partial charge in [-0.15, -0.1) is 35.3 Å². The van der Waals surface area contributed by atoms with E-state index in [1.54, 1.807) is 13.2 Å². The maximum absolute atomic E-state index is 10.5. The molecule has 5 nitrogen and oxygen atoms in total. The molecule has 0 aliphatic rings. The maximum atomic E-state index is 10.5. The first-order valence-corrected chi connectivity index (χ1v) is 8.30. The molecule has 1 unspecified atom stereocenters. The lowest BCUT2D eigenvalue weighted by Crippen LogP contribution is -2.39. The van der Waals surface area contributed by atoms with Crippen molar-refractivity contribution in [3.05, 3.63) is 46.5 Å². The number of guanidine groups is 1. The third kappa shape index (κ3) is 6.52. The van der Waals surface area contributed by atoms with E-state index < -0.39 is 5.60 Å². The largest absolute Gasteiger partial charge is 0.469 e. The average molecular weight is 449 g/mol. The highest BCUT2D eigenvalue weighted by Gasteiger charge is 2.23. The van der Waals surface area contributed by atoms with Crippen molar-refractivity contribution in [2.24, 2.45) is 4.99 Å². The van der Waals surface area contributed by atoms with Crippen LogP contribution in [0, 0.1) is 0 Å². The van der Waals surface area contributed by atoms with Gasteiger partial charge in [-0.1, -0.05) is 6.07 Å². The van der Waals surface area contributed by atoms with E-state index in [1.165, 1.54) is 11.3 Å². The van der Waals surface area contributed by atoms with Crippen molar-refractivity contribution in [3.63, 3.8) is 0 Å². The number of rotatable bonds is 7. The summed E-state index contributed by atoms with van der Waals surface area (Å²) in [5, 5.41) is 18.9. The SMILES string of the molecule is CCNC(=NCC(C)(O)c1cccs1)NCCc1ccco1.I. The van der Waals surface area contributed by atoms with Gasteiger partial charge in [0.15, 0.2) is 5.96 Å². The second-order valence-electron chi connectivity index (χ2n) is 5.20. The summed E-state index contributed by atoms with van der Waals surface area (Å²) in [6.07, 6.45) is 2.46. The number of halogens is 1. The predicted molar refractivity (Wildman–Crippen MR) is 106 cm³/mol. The standard InChI is InChI=1S/C16H23N3O2S.HI/c1-3-17-15(18-9-8-13-6-4-10-21-13)19-12-16(2,20)14-7-5-11-22-14;/h4-7,10-11,20H,3,8-9,12H2,1-2H3,(H2,17,18,19);1H. The normalized spacial score (nSPS) is 14.0. The van der Waals surface area contributed by atoms with Crippen LogP contribution < -0.4 is 10.6 Å². The first-order valence-electron chi connectivity index (χ1n) is 7.43. The lowest BCUT2D eigenvalue weighted by Gasteiger charge is -2.20. The molecule has 0 saturated heterocycles. The van der Waals surface area contributed by atoms with Crippen molar-refractivity contribution in [2.75, 3.05) is 19.6 Å². The summed E-state index contributed by atoms with van der Waals surface area (Å²) in [5.41, 5.74) is -0.947. The Morgan fingerprint density at radius 1 is 1.35 bits per heavy atom. The molecule has 0 aliphatic carbocycles. The summed E-state index contributed by atoms with van der Waals surface area (Å²) in [5.74, 6) is 1.64. The molecule has 0 aromatic carbocycles. The van der Waals surface area contributed by atoms with Crippen LogP contribution in [0.3, 0.4) is 0 Å². The smallest absolute Gasteiger partial charge is 0.191 e. The molecule has 128 valence electrons. The van der Waals surface area contributed by atoms with Gasteiger partial charge in [-0.3, -0.25) is 0 Å². The summed E-state index contributed by atoms with van der Waals surface area (Å²) in [7, 11) is 0. The number of aliphatic imine (C=N–C) groups is 1. The van der Waals surface area contributed by atoms with Crippen LogP contribution in [0.1, 0.15) is 24.5 Å². The van der Waals surface area contributed by atoms with Crippen LogP contribution in [-0.4, -0.2) is 30.7 Å². The van der Waals surface area contributed by atoms with Gasteiger partial charge in [-0.05, 0) is 37.4 Å². The summed E-state index contributed by atoms with van der Waals surface area (Å²) in [6, 6.07) is 7.70. The van der Waals surface area contributed by atoms with Crippen LogP contribution in [0.15, 0.2) is 45.3 Å². The van der Waals surface area contributed by atoms with Crippen LogP contribution >= 0.6 is 35.3 Å². The molecule has 0 fully saturated rings. The van der Waals surface area contributed by atoms with Gasteiger partial charge in [-0.2, -0.15) is 0 Å². The van der Waals surface area contributed by atoms with Gasteiger partial charge in [0.1, 0.15) is 11.4 Å². The minimum absolute atomic E-state index is 0. The average Bonchev–Trinajstić information content (AvgIpc) is 3.18. The molecular weight excluding hydrogens is 425 g/mol. The third-order valence-electron chi connectivity index (χ3n) is 3.19. The molecule has 0 radical (unpaired) electrons. The van der Waals surface area contributed by atoms with Gasteiger partial charge in [-0.25, -0.2) is 4.99 Å². The van der Waals surface area contributed by atoms with Gasteiger partial charge >= 0.3 is 0 Å². The number of hydrogen-bond acceptors (Lipinski definition) is 4. The molecule has 0 aliphatic heterocycles. The van der Waals surface area contributed by atoms with E-state index in [-0.39, 0.29) is 24.0 Å². The lowest BCUT2D eigenvalue weighted by atomic mass is 10.1. The van der Waals surface area contributed by atoms with Gasteiger partial charge in [0, 0.05) is 24.4 Å². The minimum atomic E-state index is -0.947. The van der Waals surface area contributed by atoms with E-state index in [9.17, 15) is 5.11 Å². The molecule has 2 aromatic rings. The molecule has 23 heavy (non-hydrogen) atoms. The number of aliphatic hydroxyl groups is 1. The highest BCUT2D eigenvalue weighted by molar-refractivity contribution is 14.0. The molecular formula is C16H24IN3O2S. The number of furan rings is 1. The summed E-state index contributed by atoms with van der Waals surface area (Å²) in [4.78, 5) is 5.40. The molecule has 0 amide bonds. The van der Waals surface area contributed by atoms with Gasteiger partial charge in [0.05, 0.1) is 12.8 Å². The van der Waals surface area contributed by atoms with Crippen molar-refractivity contribution in [3.8, 4) is 0 Å². The van der Waals surface area contributed by atoms with E-state index in [0.717, 1.165) is 30.1 Å². The third-order valence-corrected chi connectivity index (χ3v) is 4.31. The van der Waals surface area contributed by atoms with E-state index in [1.807, 2.05) is 36.6 Å². The number of thiophene rings is 1. The quantitative estimate of drug-likeness (QED) is 0.346. The van der Waals surface area contributed by atoms with Crippen molar-refractivity contribution >= 4 is 41.3 Å². The molecule has 2 aromatic heterocycles. The molecule has 0 saturated carbocycles. The van der Waals surface area contributed by atoms with Crippen LogP contribution in [0.4, 0.5) is 0 Å². The van der Waals surface area contributed by atoms with Crippen molar-refractivity contribution < 1.29 is 9.52 Å². The first kappa shape index (κ1) is 20.0. The molecule has 0 bridgehead atoms. The molecule has 2 heterocycles. The second kappa shape index (κ2) is 9.94. The van der Waals surface area contributed by atoms with Crippen molar-refractivity contribution in [2.45, 2.75) is 25.9 Å². The van der Waals surface area contributed by atoms with Crippen LogP contribution in [-0.2, 0) is 12.0 Å². The van der Waals surface area contributed by atoms with Crippen LogP contribution in [0.5, 0.6) is 0 Å². The zero-order valence-corrected chi connectivity index (χ0v) is 16.6. The number of nitrogens with zero attached hydrogens (tertiary/aromatic N) is 1. The Morgan fingerprint density at radius 3 is 2.78 bits per heavy atom. The summed E-state index contributed by atoms with van der Waals surface area (Å²) in [6.45, 7) is 5.60. The van der Waals surface area contributed by atoms with Gasteiger partial charge in [0.2, 0.25) is 0 Å². The van der Waals surface area contributed by atoms with E-state index in [2.05, 4.69) is 15.6 Å². The first-order chi connectivity index (χ1) is 10.6. The zero-order chi connectivity index (χ0) is 15.8. The molecule has 7 heteroatoms. The fraction of sp³-hybridized carbons (Fsp3) is 0.438. The van der Waals surface area contributed by atoms with Crippen LogP contribution in [0.25, 0.3) is 0 Å². The van der Waals surface area contributed by atoms with E-state index in [0.29, 0.717) is 12.5 Å². The zero-order valence-electron chi connectivity index (χ0n) is 13.4. The molecule has 3 N–H and O–H groups in total. The Hall–Kier alpha value is -1.06. The Labute approximate surface area is 158 Å². The van der Waals surface area contributed by atoms with Gasteiger partial charge < -0.3 is 20.2 Å². The lowest BCUT2D eigenvalue weighted by molar-refractivity contribution is 0.0711. The second-order valence-corrected chi connectivity index (χ2v) is 6.15. The van der Waals surface area contributed by atoms with E-state index in [4.69, 9.17) is 4.42 Å². The Balaban J connectivity index is 0.00000264. The maximum Gasteiger partial charge on any atom is 0.191 e. The fourth-order valence-corrected chi connectivity index (χ4v) is 2.78. The number of hydrogen-bond donors (Lipinski definition) is 3. The van der Waals surface area contributed by atoms with Gasteiger partial charge in [0.25, 0.3) is 0 Å². The molecule has 1 atom stereocenters. The van der Waals surface area contributed by atoms with Crippen molar-refractivity contribution in [1.29, 1.82) is 0 Å². The Kier molecular flexibility index (Phi) is 8.64. The van der Waals surface area contributed by atoms with E-state index >= 15 is 0 Å². The summed E-state index contributed by atoms with van der Waals surface area (Å²) >= 11 is 1.54. The van der Waals surface area contributed by atoms with Crippen LogP contribution in [0.2, 0.25) is 0 Å². The Morgan fingerprint density at radius 2 is 2.17 bits per heavy atom. The highest BCUT2D eigenvalue weighted by atomic mass is 127. The molecule has 2 rings (SSSR count). The highest BCUT2D eigenvalue weighted by Crippen LogP contribution is 2.25. The van der Waals surface area contributed by atoms with Crippen molar-refractivity contribution in [1.82, 2.24) is 10.6 Å². The predicted octanol–water partition coefficient (Wildman–Crippen LogP) is 2.96. The fourth-order valence-electron chi connectivity index (χ4n) is 2.00. The Bertz CT molecular complexity index is 568. The minimum Gasteiger partial charge on any atom is -0.469 e. The summed E-state index contributed by atoms with van der Waals surface area (Å²) < 4.78 is 5.30.